The second-order valence-corrected chi connectivity index (χ2v) is 6.28. The van der Waals surface area contributed by atoms with Crippen LogP contribution in [0.1, 0.15) is 23.0 Å². The zero-order valence-electron chi connectivity index (χ0n) is 14.7. The minimum Gasteiger partial charge on any atom is -0.380 e. The fourth-order valence-corrected chi connectivity index (χ4v) is 2.80. The number of likely N-dealkylation sites (N-methyl/N-ethyl adjacent to an activating group) is 1. The molecule has 8 nitrogen and oxygen atoms in total. The van der Waals surface area contributed by atoms with Gasteiger partial charge in [0.2, 0.25) is 0 Å². The lowest BCUT2D eigenvalue weighted by Crippen LogP contribution is -2.57. The van der Waals surface area contributed by atoms with Crippen molar-refractivity contribution >= 4 is 23.5 Å². The molecule has 0 saturated heterocycles. The van der Waals surface area contributed by atoms with Crippen molar-refractivity contribution in [1.82, 2.24) is 9.88 Å². The number of carbonyl (C=O) groups is 2. The minimum atomic E-state index is -1.64. The van der Waals surface area contributed by atoms with Gasteiger partial charge >= 0.3 is 0 Å². The van der Waals surface area contributed by atoms with Crippen LogP contribution in [0.15, 0.2) is 47.6 Å². The second kappa shape index (κ2) is 6.76. The maximum absolute atomic E-state index is 14.5. The number of pyridine rings is 1. The Hall–Kier alpha value is -3.33. The normalized spacial score (nSPS) is 22.4. The summed E-state index contributed by atoms with van der Waals surface area (Å²) in [6.07, 6.45) is -0.157. The van der Waals surface area contributed by atoms with Crippen LogP contribution in [0.2, 0.25) is 0 Å². The lowest BCUT2D eigenvalue weighted by molar-refractivity contribution is -0.140. The van der Waals surface area contributed by atoms with Crippen LogP contribution >= 0.6 is 0 Å². The fourth-order valence-electron chi connectivity index (χ4n) is 2.80. The average Bonchev–Trinajstić information content (AvgIpc) is 2.67. The average molecular weight is 371 g/mol. The number of benzene rings is 1. The topological polar surface area (TPSA) is 121 Å². The van der Waals surface area contributed by atoms with E-state index in [1.165, 1.54) is 38.4 Å². The maximum atomic E-state index is 14.5. The van der Waals surface area contributed by atoms with Gasteiger partial charge in [0.05, 0.1) is 0 Å². The summed E-state index contributed by atoms with van der Waals surface area (Å²) in [5, 5.41) is 13.0. The Bertz CT molecular complexity index is 934. The predicted octanol–water partition coefficient (Wildman–Crippen LogP) is 0.836. The Morgan fingerprint density at radius 1 is 1.37 bits per heavy atom. The standard InChI is InChI=1S/C18H18FN5O3/c1-18(14(25)16(27)24(2)17(20)23-18)11-9-10(6-7-12(11)19)22-15(26)13-5-3-4-8-21-13/h3-9,14,25H,1-2H3,(H2,20,23)(H,22,26)/t14-,18?/m0/s1. The quantitative estimate of drug-likeness (QED) is 0.738. The Morgan fingerprint density at radius 2 is 2.11 bits per heavy atom. The van der Waals surface area contributed by atoms with Gasteiger partial charge in [0.1, 0.15) is 17.1 Å². The number of anilines is 1. The highest BCUT2D eigenvalue weighted by atomic mass is 19.1. The summed E-state index contributed by atoms with van der Waals surface area (Å²) in [5.74, 6) is -2.02. The summed E-state index contributed by atoms with van der Waals surface area (Å²) < 4.78 is 14.5. The number of nitrogens with zero attached hydrogens (tertiary/aromatic N) is 3. The van der Waals surface area contributed by atoms with Gasteiger partial charge in [-0.3, -0.25) is 19.5 Å². The van der Waals surface area contributed by atoms with Crippen molar-refractivity contribution in [2.24, 2.45) is 10.7 Å². The first-order valence-corrected chi connectivity index (χ1v) is 8.07. The number of rotatable bonds is 3. The van der Waals surface area contributed by atoms with Crippen LogP contribution in [-0.4, -0.2) is 45.9 Å². The van der Waals surface area contributed by atoms with E-state index in [9.17, 15) is 19.1 Å². The molecule has 1 aliphatic rings. The van der Waals surface area contributed by atoms with Gasteiger partial charge in [0, 0.05) is 24.5 Å². The first-order chi connectivity index (χ1) is 12.7. The largest absolute Gasteiger partial charge is 0.380 e. The van der Waals surface area contributed by atoms with Crippen molar-refractivity contribution in [3.63, 3.8) is 0 Å². The molecule has 1 aromatic heterocycles. The van der Waals surface area contributed by atoms with Gasteiger partial charge in [-0.1, -0.05) is 6.07 Å². The van der Waals surface area contributed by atoms with E-state index in [-0.39, 0.29) is 22.9 Å². The van der Waals surface area contributed by atoms with Gasteiger partial charge < -0.3 is 16.2 Å². The molecule has 0 saturated carbocycles. The van der Waals surface area contributed by atoms with E-state index in [1.807, 2.05) is 0 Å². The van der Waals surface area contributed by atoms with Crippen LogP contribution in [0.3, 0.4) is 0 Å². The molecule has 2 aromatic rings. The Labute approximate surface area is 154 Å². The van der Waals surface area contributed by atoms with Crippen molar-refractivity contribution < 1.29 is 19.1 Å². The van der Waals surface area contributed by atoms with Gasteiger partial charge in [-0.05, 0) is 37.3 Å². The monoisotopic (exact) mass is 371 g/mol. The van der Waals surface area contributed by atoms with Crippen molar-refractivity contribution in [2.45, 2.75) is 18.6 Å². The Balaban J connectivity index is 1.99. The highest BCUT2D eigenvalue weighted by Crippen LogP contribution is 2.36. The van der Waals surface area contributed by atoms with Crippen molar-refractivity contribution in [2.75, 3.05) is 12.4 Å². The maximum Gasteiger partial charge on any atom is 0.274 e. The summed E-state index contributed by atoms with van der Waals surface area (Å²) in [6.45, 7) is 1.40. The van der Waals surface area contributed by atoms with Crippen molar-refractivity contribution in [1.29, 1.82) is 0 Å². The molecule has 2 heterocycles. The molecule has 1 aromatic carbocycles. The zero-order valence-corrected chi connectivity index (χ0v) is 14.7. The van der Waals surface area contributed by atoms with Gasteiger partial charge in [-0.25, -0.2) is 9.38 Å². The van der Waals surface area contributed by atoms with E-state index in [2.05, 4.69) is 15.3 Å². The number of aromatic nitrogens is 1. The summed E-state index contributed by atoms with van der Waals surface area (Å²) in [5.41, 5.74) is 4.47. The molecular weight excluding hydrogens is 353 g/mol. The molecule has 9 heteroatoms. The van der Waals surface area contributed by atoms with E-state index in [0.717, 1.165) is 11.0 Å². The molecule has 140 valence electrons. The molecule has 0 fully saturated rings. The van der Waals surface area contributed by atoms with Crippen LogP contribution in [-0.2, 0) is 10.3 Å². The molecule has 4 N–H and O–H groups in total. The van der Waals surface area contributed by atoms with E-state index in [1.54, 1.807) is 12.1 Å². The second-order valence-electron chi connectivity index (χ2n) is 6.28. The fraction of sp³-hybridized carbons (Fsp3) is 0.222. The summed E-state index contributed by atoms with van der Waals surface area (Å²) in [4.78, 5) is 33.5. The third kappa shape index (κ3) is 3.24. The molecule has 1 unspecified atom stereocenters. The Morgan fingerprint density at radius 3 is 2.78 bits per heavy atom. The smallest absolute Gasteiger partial charge is 0.274 e. The molecule has 0 spiro atoms. The van der Waals surface area contributed by atoms with Crippen molar-refractivity contribution in [3.05, 3.63) is 59.7 Å². The van der Waals surface area contributed by atoms with Gasteiger partial charge in [-0.15, -0.1) is 0 Å². The first-order valence-electron chi connectivity index (χ1n) is 8.07. The van der Waals surface area contributed by atoms with Crippen molar-refractivity contribution in [3.8, 4) is 0 Å². The number of amides is 2. The summed E-state index contributed by atoms with van der Waals surface area (Å²) >= 11 is 0. The number of guanidine groups is 1. The molecule has 1 aliphatic heterocycles. The van der Waals surface area contributed by atoms with Crippen LogP contribution in [0.4, 0.5) is 10.1 Å². The number of halogens is 1. The summed E-state index contributed by atoms with van der Waals surface area (Å²) in [6, 6.07) is 8.67. The first kappa shape index (κ1) is 18.5. The molecule has 27 heavy (non-hydrogen) atoms. The highest BCUT2D eigenvalue weighted by Gasteiger charge is 2.46. The number of hydrogen-bond donors (Lipinski definition) is 3. The number of aliphatic imine (C=N–C) groups is 1. The number of hydrogen-bond acceptors (Lipinski definition) is 6. The van der Waals surface area contributed by atoms with Gasteiger partial charge in [-0.2, -0.15) is 0 Å². The molecule has 2 atom stereocenters. The van der Waals surface area contributed by atoms with Crippen LogP contribution in [0, 0.1) is 5.82 Å². The number of nitrogens with one attached hydrogen (secondary N) is 1. The van der Waals surface area contributed by atoms with Crippen LogP contribution < -0.4 is 11.1 Å². The predicted molar refractivity (Wildman–Crippen MR) is 96.3 cm³/mol. The molecule has 0 radical (unpaired) electrons. The Kier molecular flexibility index (Phi) is 4.63. The molecule has 0 aliphatic carbocycles. The third-order valence-corrected chi connectivity index (χ3v) is 4.45. The molecule has 0 bridgehead atoms. The van der Waals surface area contributed by atoms with E-state index in [0.29, 0.717) is 0 Å². The summed E-state index contributed by atoms with van der Waals surface area (Å²) in [7, 11) is 1.36. The van der Waals surface area contributed by atoms with Crippen LogP contribution in [0.5, 0.6) is 0 Å². The lowest BCUT2D eigenvalue weighted by Gasteiger charge is -2.37. The molecule has 2 amide bonds. The van der Waals surface area contributed by atoms with E-state index >= 15 is 0 Å². The molecular formula is C18H18FN5O3. The van der Waals surface area contributed by atoms with Gasteiger partial charge in [0.15, 0.2) is 12.1 Å². The minimum absolute atomic E-state index is 0.0711. The third-order valence-electron chi connectivity index (χ3n) is 4.45. The van der Waals surface area contributed by atoms with Crippen LogP contribution in [0.25, 0.3) is 0 Å². The van der Waals surface area contributed by atoms with E-state index in [4.69, 9.17) is 5.73 Å². The number of carbonyl (C=O) groups excluding carboxylic acids is 2. The SMILES string of the molecule is CN1C(=O)[C@H](O)C(C)(c2cc(NC(=O)c3ccccn3)ccc2F)N=C1N. The highest BCUT2D eigenvalue weighted by molar-refractivity contribution is 6.03. The number of aliphatic hydroxyl groups excluding tert-OH is 1. The number of aliphatic hydroxyl groups is 1. The lowest BCUT2D eigenvalue weighted by atomic mass is 9.84. The van der Waals surface area contributed by atoms with Gasteiger partial charge in [0.25, 0.3) is 11.8 Å². The zero-order chi connectivity index (χ0) is 19.8. The van der Waals surface area contributed by atoms with E-state index < -0.39 is 29.3 Å². The molecule has 3 rings (SSSR count). The number of nitrogens with two attached hydrogens (primary N) is 1.